The van der Waals surface area contributed by atoms with Crippen LogP contribution in [0.5, 0.6) is 0 Å². The Morgan fingerprint density at radius 1 is 1.18 bits per heavy atom. The lowest BCUT2D eigenvalue weighted by Crippen LogP contribution is -2.42. The Hall–Kier alpha value is -2.77. The summed E-state index contributed by atoms with van der Waals surface area (Å²) in [7, 11) is 0. The van der Waals surface area contributed by atoms with Crippen molar-refractivity contribution >= 4 is 18.1 Å². The Morgan fingerprint density at radius 3 is 2.67 bits per heavy atom. The molecule has 1 fully saturated rings. The topological polar surface area (TPSA) is 66.0 Å². The highest BCUT2D eigenvalue weighted by molar-refractivity contribution is 7.71. The van der Waals surface area contributed by atoms with Crippen LogP contribution in [0.1, 0.15) is 43.4 Å². The van der Waals surface area contributed by atoms with E-state index in [1.54, 1.807) is 0 Å². The molecule has 7 heteroatoms. The Morgan fingerprint density at radius 2 is 1.94 bits per heavy atom. The highest BCUT2D eigenvalue weighted by atomic mass is 32.1. The van der Waals surface area contributed by atoms with E-state index >= 15 is 0 Å². The molecule has 1 aromatic heterocycles. The summed E-state index contributed by atoms with van der Waals surface area (Å²) in [6.07, 6.45) is 2.76. The molecule has 1 amide bonds. The smallest absolute Gasteiger partial charge is 0.221 e. The number of H-pyrrole nitrogens is 1. The van der Waals surface area contributed by atoms with Gasteiger partial charge >= 0.3 is 0 Å². The van der Waals surface area contributed by atoms with Crippen molar-refractivity contribution in [3.05, 3.63) is 70.5 Å². The predicted molar refractivity (Wildman–Crippen MR) is 134 cm³/mol. The number of hydrogen-bond acceptors (Lipinski definition) is 4. The van der Waals surface area contributed by atoms with Crippen molar-refractivity contribution in [2.45, 2.75) is 45.7 Å². The molecule has 1 unspecified atom stereocenters. The van der Waals surface area contributed by atoms with Gasteiger partial charge in [-0.3, -0.25) is 19.4 Å². The van der Waals surface area contributed by atoms with Crippen LogP contribution in [0.2, 0.25) is 0 Å². The minimum atomic E-state index is 0.0274. The monoisotopic (exact) mass is 463 g/mol. The van der Waals surface area contributed by atoms with Crippen LogP contribution in [-0.2, 0) is 11.3 Å². The van der Waals surface area contributed by atoms with Gasteiger partial charge in [0.25, 0.3) is 0 Å². The number of nitrogens with one attached hydrogen (secondary N) is 2. The molecule has 174 valence electrons. The standard InChI is InChI=1S/C26H33N5OS/c1-19-11-14-30(15-12-19)23(21-8-4-3-5-9-21)18-27-24(32)13-16-31-25(28-29-26(31)33)22-10-6-7-20(2)17-22/h3-10,17,19,23H,11-16,18H2,1-2H3,(H,27,32)(H,29,33). The second-order valence-electron chi connectivity index (χ2n) is 9.07. The van der Waals surface area contributed by atoms with Gasteiger partial charge in [-0.05, 0) is 62.6 Å². The van der Waals surface area contributed by atoms with Gasteiger partial charge < -0.3 is 5.32 Å². The first-order chi connectivity index (χ1) is 16.0. The van der Waals surface area contributed by atoms with Crippen molar-refractivity contribution in [3.63, 3.8) is 0 Å². The second kappa shape index (κ2) is 10.9. The Labute approximate surface area is 201 Å². The maximum absolute atomic E-state index is 12.8. The van der Waals surface area contributed by atoms with Gasteiger partial charge in [0.2, 0.25) is 5.91 Å². The van der Waals surface area contributed by atoms with Gasteiger partial charge in [0, 0.05) is 25.1 Å². The predicted octanol–water partition coefficient (Wildman–Crippen LogP) is 4.90. The Bertz CT molecular complexity index is 1110. The van der Waals surface area contributed by atoms with Crippen molar-refractivity contribution in [1.82, 2.24) is 25.0 Å². The van der Waals surface area contributed by atoms with E-state index in [0.717, 1.165) is 36.0 Å². The number of aryl methyl sites for hydroxylation is 1. The van der Waals surface area contributed by atoms with Gasteiger partial charge in [-0.15, -0.1) is 0 Å². The lowest BCUT2D eigenvalue weighted by Gasteiger charge is -2.37. The minimum Gasteiger partial charge on any atom is -0.354 e. The van der Waals surface area contributed by atoms with Crippen LogP contribution in [0, 0.1) is 17.6 Å². The molecule has 0 saturated carbocycles. The quantitative estimate of drug-likeness (QED) is 0.467. The third kappa shape index (κ3) is 5.97. The lowest BCUT2D eigenvalue weighted by atomic mass is 9.95. The van der Waals surface area contributed by atoms with E-state index < -0.39 is 0 Å². The van der Waals surface area contributed by atoms with E-state index in [0.29, 0.717) is 24.3 Å². The van der Waals surface area contributed by atoms with E-state index in [1.165, 1.54) is 18.4 Å². The fraction of sp³-hybridized carbons (Fsp3) is 0.423. The molecule has 0 radical (unpaired) electrons. The van der Waals surface area contributed by atoms with Crippen LogP contribution in [-0.4, -0.2) is 45.2 Å². The number of aromatic amines is 1. The largest absolute Gasteiger partial charge is 0.354 e. The molecule has 1 aliphatic rings. The second-order valence-corrected chi connectivity index (χ2v) is 9.46. The summed E-state index contributed by atoms with van der Waals surface area (Å²) in [6.45, 7) is 7.61. The molecule has 4 rings (SSSR count). The molecular formula is C26H33N5OS. The number of aromatic nitrogens is 3. The highest BCUT2D eigenvalue weighted by Crippen LogP contribution is 2.26. The number of piperidine rings is 1. The van der Waals surface area contributed by atoms with Crippen molar-refractivity contribution in [1.29, 1.82) is 0 Å². The Kier molecular flexibility index (Phi) is 7.73. The van der Waals surface area contributed by atoms with Gasteiger partial charge in [-0.2, -0.15) is 5.10 Å². The third-order valence-electron chi connectivity index (χ3n) is 6.53. The molecule has 2 N–H and O–H groups in total. The Balaban J connectivity index is 1.39. The van der Waals surface area contributed by atoms with Gasteiger partial charge in [0.1, 0.15) is 0 Å². The van der Waals surface area contributed by atoms with E-state index in [4.69, 9.17) is 12.2 Å². The molecule has 1 atom stereocenters. The number of rotatable bonds is 8. The molecule has 2 heterocycles. The highest BCUT2D eigenvalue weighted by Gasteiger charge is 2.25. The van der Waals surface area contributed by atoms with Crippen molar-refractivity contribution < 1.29 is 4.79 Å². The summed E-state index contributed by atoms with van der Waals surface area (Å²) < 4.78 is 2.44. The zero-order valence-electron chi connectivity index (χ0n) is 19.5. The first-order valence-corrected chi connectivity index (χ1v) is 12.2. The van der Waals surface area contributed by atoms with E-state index in [1.807, 2.05) is 22.8 Å². The minimum absolute atomic E-state index is 0.0274. The summed E-state index contributed by atoms with van der Waals surface area (Å²) in [6, 6.07) is 18.8. The molecule has 3 aromatic rings. The van der Waals surface area contributed by atoms with Crippen LogP contribution >= 0.6 is 12.2 Å². The van der Waals surface area contributed by atoms with Crippen molar-refractivity contribution in [2.24, 2.45) is 5.92 Å². The number of carbonyl (C=O) groups excluding carboxylic acids is 1. The molecule has 33 heavy (non-hydrogen) atoms. The SMILES string of the molecule is Cc1cccc(-c2n[nH]c(=S)n2CCC(=O)NCC(c2ccccc2)N2CCC(C)CC2)c1. The van der Waals surface area contributed by atoms with Crippen LogP contribution in [0.15, 0.2) is 54.6 Å². The van der Waals surface area contributed by atoms with Gasteiger partial charge in [0.05, 0.1) is 6.04 Å². The summed E-state index contributed by atoms with van der Waals surface area (Å²) in [5.74, 6) is 1.56. The van der Waals surface area contributed by atoms with E-state index in [-0.39, 0.29) is 11.9 Å². The molecule has 0 aliphatic carbocycles. The fourth-order valence-electron chi connectivity index (χ4n) is 4.52. The van der Waals surface area contributed by atoms with Gasteiger partial charge in [-0.1, -0.05) is 61.0 Å². The lowest BCUT2D eigenvalue weighted by molar-refractivity contribution is -0.121. The first-order valence-electron chi connectivity index (χ1n) is 11.8. The van der Waals surface area contributed by atoms with Crippen LogP contribution in [0.25, 0.3) is 11.4 Å². The molecule has 0 spiro atoms. The maximum Gasteiger partial charge on any atom is 0.221 e. The van der Waals surface area contributed by atoms with E-state index in [2.05, 4.69) is 70.7 Å². The molecule has 1 aliphatic heterocycles. The number of benzene rings is 2. The normalized spacial score (nSPS) is 15.9. The number of likely N-dealkylation sites (tertiary alicyclic amines) is 1. The van der Waals surface area contributed by atoms with Gasteiger partial charge in [0.15, 0.2) is 10.6 Å². The molecule has 0 bridgehead atoms. The van der Waals surface area contributed by atoms with Crippen molar-refractivity contribution in [2.75, 3.05) is 19.6 Å². The average molecular weight is 464 g/mol. The van der Waals surface area contributed by atoms with Crippen LogP contribution < -0.4 is 5.32 Å². The summed E-state index contributed by atoms with van der Waals surface area (Å²) >= 11 is 5.43. The maximum atomic E-state index is 12.8. The number of carbonyl (C=O) groups is 1. The summed E-state index contributed by atoms with van der Waals surface area (Å²) in [5.41, 5.74) is 3.40. The van der Waals surface area contributed by atoms with Crippen LogP contribution in [0.4, 0.5) is 0 Å². The molecule has 2 aromatic carbocycles. The number of nitrogens with zero attached hydrogens (tertiary/aromatic N) is 3. The van der Waals surface area contributed by atoms with Crippen LogP contribution in [0.3, 0.4) is 0 Å². The molecule has 1 saturated heterocycles. The van der Waals surface area contributed by atoms with Crippen molar-refractivity contribution in [3.8, 4) is 11.4 Å². The zero-order valence-corrected chi connectivity index (χ0v) is 20.3. The molecule has 6 nitrogen and oxygen atoms in total. The summed E-state index contributed by atoms with van der Waals surface area (Å²) in [4.78, 5) is 15.3. The van der Waals surface area contributed by atoms with Gasteiger partial charge in [-0.25, -0.2) is 0 Å². The zero-order chi connectivity index (χ0) is 23.2. The van der Waals surface area contributed by atoms with E-state index in [9.17, 15) is 4.79 Å². The summed E-state index contributed by atoms with van der Waals surface area (Å²) in [5, 5.41) is 10.4. The first kappa shape index (κ1) is 23.4. The average Bonchev–Trinajstić information content (AvgIpc) is 3.20. The number of amides is 1. The molecular weight excluding hydrogens is 430 g/mol. The third-order valence-corrected chi connectivity index (χ3v) is 6.84. The number of hydrogen-bond donors (Lipinski definition) is 2. The fourth-order valence-corrected chi connectivity index (χ4v) is 4.74.